The van der Waals surface area contributed by atoms with Gasteiger partial charge in [-0.15, -0.1) is 0 Å². The molecule has 6 heteroatoms. The van der Waals surface area contributed by atoms with Crippen molar-refractivity contribution in [1.82, 2.24) is 4.98 Å². The van der Waals surface area contributed by atoms with Crippen LogP contribution in [0.2, 0.25) is 0 Å². The normalized spacial score (nSPS) is 10.4. The Kier molecular flexibility index (Phi) is 4.36. The Labute approximate surface area is 84.8 Å². The zero-order valence-electron chi connectivity index (χ0n) is 8.10. The van der Waals surface area contributed by atoms with Gasteiger partial charge in [0.15, 0.2) is 11.6 Å². The predicted octanol–water partition coefficient (Wildman–Crippen LogP) is 1.91. The highest BCUT2D eigenvalue weighted by molar-refractivity contribution is 5.14. The Balaban J connectivity index is 2.57. The van der Waals surface area contributed by atoms with Crippen LogP contribution in [0.5, 0.6) is 5.88 Å². The van der Waals surface area contributed by atoms with Gasteiger partial charge in [0.1, 0.15) is 0 Å². The highest BCUT2D eigenvalue weighted by Crippen LogP contribution is 2.16. The lowest BCUT2D eigenvalue weighted by Crippen LogP contribution is -2.06. The average molecular weight is 221 g/mol. The Morgan fingerprint density at radius 1 is 1.20 bits per heavy atom. The van der Waals surface area contributed by atoms with Gasteiger partial charge in [-0.1, -0.05) is 0 Å². The van der Waals surface area contributed by atoms with Gasteiger partial charge in [0.05, 0.1) is 6.61 Å². The number of rotatable bonds is 5. The fraction of sp³-hybridized carbons (Fsp3) is 0.444. The lowest BCUT2D eigenvalue weighted by Gasteiger charge is -2.05. The third-order valence-corrected chi connectivity index (χ3v) is 1.59. The summed E-state index contributed by atoms with van der Waals surface area (Å²) in [4.78, 5) is 2.99. The van der Waals surface area contributed by atoms with Crippen LogP contribution in [-0.4, -0.2) is 25.3 Å². The summed E-state index contributed by atoms with van der Waals surface area (Å²) in [6.07, 6.45) is 0.511. The molecular weight excluding hydrogens is 211 g/mol. The molecule has 0 spiro atoms. The van der Waals surface area contributed by atoms with Crippen molar-refractivity contribution < 1.29 is 22.6 Å². The molecule has 1 aromatic rings. The number of aromatic nitrogens is 1. The lowest BCUT2D eigenvalue weighted by molar-refractivity contribution is 0.167. The van der Waals surface area contributed by atoms with Gasteiger partial charge in [0, 0.05) is 26.2 Å². The second-order valence-corrected chi connectivity index (χ2v) is 2.74. The standard InChI is InChI=1S/C9H10F3NO2/c1-14-3-2-4-15-9-7(11)5-6(10)8(12)13-9/h5H,2-4H2,1H3. The summed E-state index contributed by atoms with van der Waals surface area (Å²) in [5.41, 5.74) is 0. The molecule has 0 radical (unpaired) electrons. The number of pyridine rings is 1. The molecule has 0 aromatic carbocycles. The summed E-state index contributed by atoms with van der Waals surface area (Å²) in [6.45, 7) is 0.564. The number of hydrogen-bond donors (Lipinski definition) is 0. The molecule has 84 valence electrons. The summed E-state index contributed by atoms with van der Waals surface area (Å²) >= 11 is 0. The Bertz CT molecular complexity index is 333. The van der Waals surface area contributed by atoms with Crippen LogP contribution in [0, 0.1) is 17.6 Å². The number of halogens is 3. The van der Waals surface area contributed by atoms with Crippen molar-refractivity contribution >= 4 is 0 Å². The van der Waals surface area contributed by atoms with E-state index in [1.165, 1.54) is 7.11 Å². The molecule has 1 heterocycles. The van der Waals surface area contributed by atoms with Gasteiger partial charge in [0.2, 0.25) is 0 Å². The molecular formula is C9H10F3NO2. The first-order valence-corrected chi connectivity index (χ1v) is 4.28. The maximum absolute atomic E-state index is 12.9. The van der Waals surface area contributed by atoms with Crippen molar-refractivity contribution in [2.75, 3.05) is 20.3 Å². The number of methoxy groups -OCH3 is 1. The molecule has 0 fully saturated rings. The van der Waals surface area contributed by atoms with Crippen molar-refractivity contribution in [3.63, 3.8) is 0 Å². The smallest absolute Gasteiger partial charge is 0.253 e. The van der Waals surface area contributed by atoms with Gasteiger partial charge in [-0.3, -0.25) is 0 Å². The molecule has 0 unspecified atom stereocenters. The van der Waals surface area contributed by atoms with E-state index in [2.05, 4.69) is 4.98 Å². The number of ether oxygens (including phenoxy) is 2. The van der Waals surface area contributed by atoms with E-state index in [0.717, 1.165) is 0 Å². The van der Waals surface area contributed by atoms with Crippen LogP contribution in [0.1, 0.15) is 6.42 Å². The summed E-state index contributed by atoms with van der Waals surface area (Å²) < 4.78 is 47.5. The fourth-order valence-electron chi connectivity index (χ4n) is 0.902. The Hall–Kier alpha value is -1.30. The lowest BCUT2D eigenvalue weighted by atomic mass is 10.4. The van der Waals surface area contributed by atoms with E-state index in [0.29, 0.717) is 19.1 Å². The van der Waals surface area contributed by atoms with Crippen LogP contribution in [0.4, 0.5) is 13.2 Å². The van der Waals surface area contributed by atoms with E-state index in [9.17, 15) is 13.2 Å². The van der Waals surface area contributed by atoms with Gasteiger partial charge in [-0.05, 0) is 0 Å². The monoisotopic (exact) mass is 221 g/mol. The molecule has 0 aliphatic rings. The van der Waals surface area contributed by atoms with E-state index < -0.39 is 23.5 Å². The first-order chi connectivity index (χ1) is 7.15. The topological polar surface area (TPSA) is 31.4 Å². The van der Waals surface area contributed by atoms with Crippen molar-refractivity contribution in [2.45, 2.75) is 6.42 Å². The van der Waals surface area contributed by atoms with Crippen LogP contribution >= 0.6 is 0 Å². The van der Waals surface area contributed by atoms with Gasteiger partial charge in [0.25, 0.3) is 11.8 Å². The Morgan fingerprint density at radius 2 is 1.93 bits per heavy atom. The molecule has 0 amide bonds. The van der Waals surface area contributed by atoms with Crippen molar-refractivity contribution in [3.8, 4) is 5.88 Å². The molecule has 3 nitrogen and oxygen atoms in total. The van der Waals surface area contributed by atoms with E-state index in [1.54, 1.807) is 0 Å². The van der Waals surface area contributed by atoms with Gasteiger partial charge in [-0.2, -0.15) is 9.37 Å². The number of hydrogen-bond acceptors (Lipinski definition) is 3. The van der Waals surface area contributed by atoms with E-state index in [4.69, 9.17) is 9.47 Å². The minimum absolute atomic E-state index is 0.128. The minimum atomic E-state index is -1.38. The van der Waals surface area contributed by atoms with Crippen LogP contribution in [0.25, 0.3) is 0 Å². The molecule has 1 rings (SSSR count). The van der Waals surface area contributed by atoms with Gasteiger partial charge in [-0.25, -0.2) is 8.78 Å². The Morgan fingerprint density at radius 3 is 2.60 bits per heavy atom. The van der Waals surface area contributed by atoms with Crippen molar-refractivity contribution in [3.05, 3.63) is 23.6 Å². The molecule has 0 atom stereocenters. The van der Waals surface area contributed by atoms with Crippen molar-refractivity contribution in [1.29, 1.82) is 0 Å². The largest absolute Gasteiger partial charge is 0.475 e. The summed E-state index contributed by atoms with van der Waals surface area (Å²) in [7, 11) is 1.51. The SMILES string of the molecule is COCCCOc1nc(F)c(F)cc1F. The third-order valence-electron chi connectivity index (χ3n) is 1.59. The van der Waals surface area contributed by atoms with E-state index in [-0.39, 0.29) is 6.61 Å². The maximum atomic E-state index is 12.9. The molecule has 15 heavy (non-hydrogen) atoms. The number of nitrogens with zero attached hydrogens (tertiary/aromatic N) is 1. The van der Waals surface area contributed by atoms with Gasteiger partial charge < -0.3 is 9.47 Å². The molecule has 0 bridgehead atoms. The highest BCUT2D eigenvalue weighted by Gasteiger charge is 2.12. The maximum Gasteiger partial charge on any atom is 0.253 e. The zero-order chi connectivity index (χ0) is 11.3. The molecule has 1 aromatic heterocycles. The van der Waals surface area contributed by atoms with Crippen LogP contribution in [0.15, 0.2) is 6.07 Å². The quantitative estimate of drug-likeness (QED) is 0.562. The minimum Gasteiger partial charge on any atom is -0.475 e. The summed E-state index contributed by atoms with van der Waals surface area (Å²) in [6, 6.07) is 0.397. The van der Waals surface area contributed by atoms with Crippen LogP contribution in [0.3, 0.4) is 0 Å². The molecule has 0 saturated heterocycles. The summed E-state index contributed by atoms with van der Waals surface area (Å²) in [5, 5.41) is 0. The van der Waals surface area contributed by atoms with Gasteiger partial charge >= 0.3 is 0 Å². The van der Waals surface area contributed by atoms with Crippen LogP contribution < -0.4 is 4.74 Å². The zero-order valence-corrected chi connectivity index (χ0v) is 8.10. The van der Waals surface area contributed by atoms with E-state index >= 15 is 0 Å². The second-order valence-electron chi connectivity index (χ2n) is 2.74. The molecule has 0 aliphatic carbocycles. The first-order valence-electron chi connectivity index (χ1n) is 4.28. The average Bonchev–Trinajstić information content (AvgIpc) is 2.20. The van der Waals surface area contributed by atoms with Crippen molar-refractivity contribution in [2.24, 2.45) is 0 Å². The molecule has 0 aliphatic heterocycles. The van der Waals surface area contributed by atoms with Crippen LogP contribution in [-0.2, 0) is 4.74 Å². The first kappa shape index (κ1) is 11.8. The van der Waals surface area contributed by atoms with E-state index in [1.807, 2.05) is 0 Å². The molecule has 0 saturated carbocycles. The summed E-state index contributed by atoms with van der Waals surface area (Å²) in [5.74, 6) is -4.27. The third kappa shape index (κ3) is 3.39. The molecule has 0 N–H and O–H groups in total. The highest BCUT2D eigenvalue weighted by atomic mass is 19.2. The second kappa shape index (κ2) is 5.55. The predicted molar refractivity (Wildman–Crippen MR) is 46.1 cm³/mol. The fourth-order valence-corrected chi connectivity index (χ4v) is 0.902.